The van der Waals surface area contributed by atoms with Crippen LogP contribution in [0.5, 0.6) is 5.75 Å². The quantitative estimate of drug-likeness (QED) is 0.314. The average Bonchev–Trinajstić information content (AvgIpc) is 3.35. The first-order chi connectivity index (χ1) is 16.9. The zero-order valence-corrected chi connectivity index (χ0v) is 20.3. The molecule has 2 heterocycles. The van der Waals surface area contributed by atoms with Crippen LogP contribution in [0.2, 0.25) is 5.02 Å². The lowest BCUT2D eigenvalue weighted by Gasteiger charge is -2.14. The van der Waals surface area contributed by atoms with Gasteiger partial charge in [-0.05, 0) is 42.0 Å². The summed E-state index contributed by atoms with van der Waals surface area (Å²) in [5.41, 5.74) is 3.63. The minimum Gasteiger partial charge on any atom is -0.496 e. The fraction of sp³-hybridized carbons (Fsp3) is 0.0435. The molecule has 5 rings (SSSR count). The van der Waals surface area contributed by atoms with Crippen molar-refractivity contribution in [3.63, 3.8) is 0 Å². The molecule has 0 aliphatic heterocycles. The SMILES string of the molecule is COc1cc(-c2cccc(F)c2)c(Cl)cc1-c1nncc2cc(S(=O)(=O)Nc3nncs3)ccc12. The highest BCUT2D eigenvalue weighted by atomic mass is 35.5. The molecule has 0 aliphatic rings. The van der Waals surface area contributed by atoms with Crippen molar-refractivity contribution in [3.8, 4) is 28.1 Å². The first kappa shape index (κ1) is 23.1. The van der Waals surface area contributed by atoms with Crippen LogP contribution in [0.15, 0.2) is 71.2 Å². The Kier molecular flexibility index (Phi) is 6.05. The van der Waals surface area contributed by atoms with E-state index in [4.69, 9.17) is 16.3 Å². The first-order valence-electron chi connectivity index (χ1n) is 10.0. The lowest BCUT2D eigenvalue weighted by atomic mass is 9.99. The van der Waals surface area contributed by atoms with Gasteiger partial charge in [-0.2, -0.15) is 5.10 Å². The summed E-state index contributed by atoms with van der Waals surface area (Å²) in [4.78, 5) is 0.0330. The van der Waals surface area contributed by atoms with Crippen LogP contribution < -0.4 is 9.46 Å². The Bertz CT molecular complexity index is 1660. The lowest BCUT2D eigenvalue weighted by molar-refractivity contribution is 0.416. The highest BCUT2D eigenvalue weighted by Gasteiger charge is 2.20. The molecule has 0 saturated carbocycles. The number of sulfonamides is 1. The van der Waals surface area contributed by atoms with Crippen molar-refractivity contribution in [2.75, 3.05) is 11.8 Å². The first-order valence-corrected chi connectivity index (χ1v) is 12.8. The number of hydrogen-bond donors (Lipinski definition) is 1. The van der Waals surface area contributed by atoms with E-state index in [1.807, 2.05) is 0 Å². The molecule has 5 aromatic rings. The van der Waals surface area contributed by atoms with Crippen LogP contribution in [-0.4, -0.2) is 35.9 Å². The number of benzene rings is 3. The summed E-state index contributed by atoms with van der Waals surface area (Å²) in [6.07, 6.45) is 1.47. The Morgan fingerprint density at radius 2 is 1.89 bits per heavy atom. The summed E-state index contributed by atoms with van der Waals surface area (Å²) < 4.78 is 47.3. The second kappa shape index (κ2) is 9.17. The molecule has 2 aromatic heterocycles. The molecule has 0 saturated heterocycles. The number of aromatic nitrogens is 4. The van der Waals surface area contributed by atoms with E-state index in [-0.39, 0.29) is 15.8 Å². The number of hydrogen-bond acceptors (Lipinski definition) is 8. The van der Waals surface area contributed by atoms with Gasteiger partial charge >= 0.3 is 0 Å². The van der Waals surface area contributed by atoms with E-state index in [0.717, 1.165) is 11.3 Å². The number of nitrogens with one attached hydrogen (secondary N) is 1. The zero-order valence-electron chi connectivity index (χ0n) is 17.9. The van der Waals surface area contributed by atoms with Gasteiger partial charge in [0.05, 0.1) is 18.2 Å². The minimum absolute atomic E-state index is 0.0330. The van der Waals surface area contributed by atoms with Crippen LogP contribution in [-0.2, 0) is 10.0 Å². The van der Waals surface area contributed by atoms with Crippen molar-refractivity contribution >= 4 is 48.9 Å². The van der Waals surface area contributed by atoms with Gasteiger partial charge in [-0.15, -0.1) is 15.3 Å². The van der Waals surface area contributed by atoms with Crippen molar-refractivity contribution in [1.82, 2.24) is 20.4 Å². The van der Waals surface area contributed by atoms with Gasteiger partial charge in [0.2, 0.25) is 5.13 Å². The Labute approximate surface area is 208 Å². The molecule has 0 bridgehead atoms. The van der Waals surface area contributed by atoms with Crippen molar-refractivity contribution in [2.45, 2.75) is 4.90 Å². The largest absolute Gasteiger partial charge is 0.496 e. The number of rotatable bonds is 6. The highest BCUT2D eigenvalue weighted by Crippen LogP contribution is 2.40. The van der Waals surface area contributed by atoms with Crippen molar-refractivity contribution in [2.24, 2.45) is 0 Å². The predicted octanol–water partition coefficient (Wildman–Crippen LogP) is 5.42. The van der Waals surface area contributed by atoms with Gasteiger partial charge in [-0.25, -0.2) is 12.8 Å². The van der Waals surface area contributed by atoms with E-state index in [0.29, 0.717) is 43.9 Å². The van der Waals surface area contributed by atoms with Gasteiger partial charge in [0, 0.05) is 26.9 Å². The van der Waals surface area contributed by atoms with Crippen molar-refractivity contribution in [3.05, 3.63) is 77.1 Å². The summed E-state index contributed by atoms with van der Waals surface area (Å²) in [6, 6.07) is 14.1. The van der Waals surface area contributed by atoms with Crippen LogP contribution in [0.1, 0.15) is 0 Å². The molecule has 0 aliphatic carbocycles. The van der Waals surface area contributed by atoms with Crippen LogP contribution in [0.4, 0.5) is 9.52 Å². The monoisotopic (exact) mass is 527 g/mol. The third kappa shape index (κ3) is 4.53. The van der Waals surface area contributed by atoms with E-state index >= 15 is 0 Å². The topological polar surface area (TPSA) is 107 Å². The molecule has 0 fully saturated rings. The minimum atomic E-state index is -3.88. The maximum atomic E-state index is 13.8. The van der Waals surface area contributed by atoms with Gasteiger partial charge in [-0.1, -0.05) is 41.1 Å². The summed E-state index contributed by atoms with van der Waals surface area (Å²) in [5, 5.41) is 17.4. The normalized spacial score (nSPS) is 11.5. The van der Waals surface area contributed by atoms with E-state index < -0.39 is 10.0 Å². The number of ether oxygens (including phenoxy) is 1. The van der Waals surface area contributed by atoms with E-state index in [9.17, 15) is 12.8 Å². The summed E-state index contributed by atoms with van der Waals surface area (Å²) in [6.45, 7) is 0. The lowest BCUT2D eigenvalue weighted by Crippen LogP contribution is -2.12. The molecule has 176 valence electrons. The van der Waals surface area contributed by atoms with Gasteiger partial charge < -0.3 is 4.74 Å². The summed E-state index contributed by atoms with van der Waals surface area (Å²) in [7, 11) is -2.37. The Morgan fingerprint density at radius 1 is 1.03 bits per heavy atom. The molecule has 35 heavy (non-hydrogen) atoms. The molecular formula is C23H15ClFN5O3S2. The van der Waals surface area contributed by atoms with E-state index in [1.54, 1.807) is 30.3 Å². The molecule has 0 amide bonds. The van der Waals surface area contributed by atoms with Gasteiger partial charge in [0.25, 0.3) is 10.0 Å². The zero-order chi connectivity index (χ0) is 24.6. The summed E-state index contributed by atoms with van der Waals surface area (Å²) >= 11 is 7.65. The van der Waals surface area contributed by atoms with Crippen LogP contribution in [0.25, 0.3) is 33.2 Å². The average molecular weight is 528 g/mol. The van der Waals surface area contributed by atoms with Crippen LogP contribution >= 0.6 is 22.9 Å². The maximum Gasteiger partial charge on any atom is 0.263 e. The summed E-state index contributed by atoms with van der Waals surface area (Å²) in [5.74, 6) is 0.0676. The van der Waals surface area contributed by atoms with E-state index in [1.165, 1.54) is 43.1 Å². The molecule has 12 heteroatoms. The Morgan fingerprint density at radius 3 is 2.63 bits per heavy atom. The molecule has 0 spiro atoms. The van der Waals surface area contributed by atoms with Gasteiger partial charge in [0.1, 0.15) is 22.8 Å². The van der Waals surface area contributed by atoms with Crippen molar-refractivity contribution < 1.29 is 17.5 Å². The molecule has 0 atom stereocenters. The molecule has 0 unspecified atom stereocenters. The van der Waals surface area contributed by atoms with Crippen molar-refractivity contribution in [1.29, 1.82) is 0 Å². The van der Waals surface area contributed by atoms with Gasteiger partial charge in [0.15, 0.2) is 0 Å². The molecular weight excluding hydrogens is 513 g/mol. The number of halogens is 2. The standard InChI is InChI=1S/C23H15ClFN5O3S2/c1-33-21-10-18(13-3-2-4-15(25)7-13)20(24)9-19(21)22-17-6-5-16(8-14(17)11-26-28-22)35(31,32)30-23-29-27-12-34-23/h2-12H,1H3,(H,29,30). The van der Waals surface area contributed by atoms with Crippen LogP contribution in [0.3, 0.4) is 0 Å². The number of fused-ring (bicyclic) bond motifs is 1. The number of nitrogens with zero attached hydrogens (tertiary/aromatic N) is 4. The highest BCUT2D eigenvalue weighted by molar-refractivity contribution is 7.93. The fourth-order valence-electron chi connectivity index (χ4n) is 3.61. The fourth-order valence-corrected chi connectivity index (χ4v) is 5.61. The predicted molar refractivity (Wildman–Crippen MR) is 133 cm³/mol. The van der Waals surface area contributed by atoms with E-state index in [2.05, 4.69) is 25.1 Å². The molecule has 1 N–H and O–H groups in total. The second-order valence-electron chi connectivity index (χ2n) is 7.33. The smallest absolute Gasteiger partial charge is 0.263 e. The maximum absolute atomic E-state index is 13.8. The van der Waals surface area contributed by atoms with Gasteiger partial charge in [-0.3, -0.25) is 4.72 Å². The number of methoxy groups -OCH3 is 1. The second-order valence-corrected chi connectivity index (χ2v) is 10.3. The number of anilines is 1. The molecule has 8 nitrogen and oxygen atoms in total. The Hall–Kier alpha value is -3.67. The molecule has 3 aromatic carbocycles. The third-order valence-electron chi connectivity index (χ3n) is 5.20. The van der Waals surface area contributed by atoms with Crippen LogP contribution in [0, 0.1) is 5.82 Å². The molecule has 0 radical (unpaired) electrons. The third-order valence-corrected chi connectivity index (χ3v) is 7.59. The Balaban J connectivity index is 1.60.